The van der Waals surface area contributed by atoms with E-state index in [0.717, 1.165) is 11.3 Å². The Balaban J connectivity index is 1.62. The molecule has 0 bridgehead atoms. The molecule has 2 N–H and O–H groups in total. The second kappa shape index (κ2) is 7.94. The molecule has 0 heterocycles. The number of ether oxygens (including phenoxy) is 1. The maximum absolute atomic E-state index is 11.6. The summed E-state index contributed by atoms with van der Waals surface area (Å²) in [5.74, 6) is 0.805. The maximum atomic E-state index is 11.6. The number of hydrogen-bond acceptors (Lipinski definition) is 2. The fourth-order valence-corrected chi connectivity index (χ4v) is 1.92. The van der Waals surface area contributed by atoms with E-state index in [1.165, 1.54) is 5.56 Å². The number of benzene rings is 2. The van der Waals surface area contributed by atoms with E-state index >= 15 is 0 Å². The lowest BCUT2D eigenvalue weighted by Gasteiger charge is -2.09. The standard InChI is InChI=1S/C17H20N2O2/c1-14-6-5-7-15(12-14)13-19-17(20)18-10-11-21-16-8-3-2-4-9-16/h2-9,12H,10-11,13H2,1H3,(H2,18,19,20). The highest BCUT2D eigenvalue weighted by molar-refractivity contribution is 5.73. The summed E-state index contributed by atoms with van der Waals surface area (Å²) < 4.78 is 5.49. The summed E-state index contributed by atoms with van der Waals surface area (Å²) in [6, 6.07) is 17.4. The van der Waals surface area contributed by atoms with Crippen LogP contribution in [0, 0.1) is 6.92 Å². The molecule has 2 aromatic rings. The Morgan fingerprint density at radius 1 is 1.05 bits per heavy atom. The van der Waals surface area contributed by atoms with Crippen LogP contribution in [0.25, 0.3) is 0 Å². The van der Waals surface area contributed by atoms with Crippen molar-refractivity contribution in [3.63, 3.8) is 0 Å². The van der Waals surface area contributed by atoms with Crippen LogP contribution in [-0.2, 0) is 6.54 Å². The number of amides is 2. The Morgan fingerprint density at radius 2 is 1.86 bits per heavy atom. The lowest BCUT2D eigenvalue weighted by Crippen LogP contribution is -2.37. The molecule has 110 valence electrons. The molecule has 0 spiro atoms. The minimum atomic E-state index is -0.187. The van der Waals surface area contributed by atoms with Crippen LogP contribution < -0.4 is 15.4 Å². The van der Waals surface area contributed by atoms with Gasteiger partial charge in [-0.15, -0.1) is 0 Å². The molecule has 0 saturated carbocycles. The molecule has 0 aliphatic carbocycles. The molecule has 0 fully saturated rings. The van der Waals surface area contributed by atoms with Crippen molar-refractivity contribution in [2.75, 3.05) is 13.2 Å². The molecular formula is C17H20N2O2. The molecule has 21 heavy (non-hydrogen) atoms. The van der Waals surface area contributed by atoms with Crippen molar-refractivity contribution >= 4 is 6.03 Å². The highest BCUT2D eigenvalue weighted by Crippen LogP contribution is 2.07. The van der Waals surface area contributed by atoms with Crippen molar-refractivity contribution in [2.24, 2.45) is 0 Å². The molecule has 0 atom stereocenters. The summed E-state index contributed by atoms with van der Waals surface area (Å²) in [4.78, 5) is 11.6. The molecule has 2 aromatic carbocycles. The summed E-state index contributed by atoms with van der Waals surface area (Å²) in [7, 11) is 0. The number of nitrogens with one attached hydrogen (secondary N) is 2. The van der Waals surface area contributed by atoms with E-state index in [1.54, 1.807) is 0 Å². The zero-order valence-corrected chi connectivity index (χ0v) is 12.1. The monoisotopic (exact) mass is 284 g/mol. The second-order valence-electron chi connectivity index (χ2n) is 4.76. The van der Waals surface area contributed by atoms with Gasteiger partial charge in [0.05, 0.1) is 6.54 Å². The molecule has 0 saturated heterocycles. The lowest BCUT2D eigenvalue weighted by molar-refractivity contribution is 0.236. The van der Waals surface area contributed by atoms with Crippen LogP contribution in [0.4, 0.5) is 4.79 Å². The quantitative estimate of drug-likeness (QED) is 0.801. The molecule has 0 aliphatic rings. The van der Waals surface area contributed by atoms with Crippen LogP contribution in [0.3, 0.4) is 0 Å². The van der Waals surface area contributed by atoms with E-state index < -0.39 is 0 Å². The highest BCUT2D eigenvalue weighted by Gasteiger charge is 2.00. The highest BCUT2D eigenvalue weighted by atomic mass is 16.5. The first kappa shape index (κ1) is 14.9. The molecule has 0 aromatic heterocycles. The average molecular weight is 284 g/mol. The number of hydrogen-bond donors (Lipinski definition) is 2. The second-order valence-corrected chi connectivity index (χ2v) is 4.76. The summed E-state index contributed by atoms with van der Waals surface area (Å²) in [6.07, 6.45) is 0. The third-order valence-corrected chi connectivity index (χ3v) is 2.94. The van der Waals surface area contributed by atoms with Gasteiger partial charge in [-0.2, -0.15) is 0 Å². The third-order valence-electron chi connectivity index (χ3n) is 2.94. The normalized spacial score (nSPS) is 9.95. The molecular weight excluding hydrogens is 264 g/mol. The summed E-state index contributed by atoms with van der Waals surface area (Å²) in [5, 5.41) is 5.58. The smallest absolute Gasteiger partial charge is 0.315 e. The van der Waals surface area contributed by atoms with E-state index in [0.29, 0.717) is 19.7 Å². The molecule has 2 rings (SSSR count). The molecule has 4 heteroatoms. The van der Waals surface area contributed by atoms with Crippen molar-refractivity contribution in [2.45, 2.75) is 13.5 Å². The molecule has 2 amide bonds. The van der Waals surface area contributed by atoms with Gasteiger partial charge in [-0.25, -0.2) is 4.79 Å². The van der Waals surface area contributed by atoms with Gasteiger partial charge in [0.15, 0.2) is 0 Å². The van der Waals surface area contributed by atoms with Crippen molar-refractivity contribution in [3.05, 3.63) is 65.7 Å². The zero-order chi connectivity index (χ0) is 14.9. The Hall–Kier alpha value is -2.49. The first-order valence-corrected chi connectivity index (χ1v) is 6.99. The topological polar surface area (TPSA) is 50.4 Å². The van der Waals surface area contributed by atoms with Crippen LogP contribution in [0.15, 0.2) is 54.6 Å². The minimum Gasteiger partial charge on any atom is -0.492 e. The lowest BCUT2D eigenvalue weighted by atomic mass is 10.1. The van der Waals surface area contributed by atoms with E-state index in [4.69, 9.17) is 4.74 Å². The van der Waals surface area contributed by atoms with Crippen LogP contribution >= 0.6 is 0 Å². The Kier molecular flexibility index (Phi) is 5.64. The zero-order valence-electron chi connectivity index (χ0n) is 12.1. The van der Waals surface area contributed by atoms with Gasteiger partial charge < -0.3 is 15.4 Å². The largest absolute Gasteiger partial charge is 0.492 e. The number of aryl methyl sites for hydroxylation is 1. The fourth-order valence-electron chi connectivity index (χ4n) is 1.92. The van der Waals surface area contributed by atoms with Gasteiger partial charge in [0.2, 0.25) is 0 Å². The summed E-state index contributed by atoms with van der Waals surface area (Å²) in [5.41, 5.74) is 2.27. The third kappa shape index (κ3) is 5.57. The van der Waals surface area contributed by atoms with Gasteiger partial charge in [0, 0.05) is 6.54 Å². The van der Waals surface area contributed by atoms with Crippen molar-refractivity contribution < 1.29 is 9.53 Å². The number of carbonyl (C=O) groups excluding carboxylic acids is 1. The number of urea groups is 1. The van der Waals surface area contributed by atoms with E-state index in [1.807, 2.05) is 55.5 Å². The summed E-state index contributed by atoms with van der Waals surface area (Å²) >= 11 is 0. The van der Waals surface area contributed by atoms with Crippen molar-refractivity contribution in [1.82, 2.24) is 10.6 Å². The van der Waals surface area contributed by atoms with Gasteiger partial charge in [-0.3, -0.25) is 0 Å². The first-order chi connectivity index (χ1) is 10.2. The Morgan fingerprint density at radius 3 is 2.62 bits per heavy atom. The van der Waals surface area contributed by atoms with Crippen LogP contribution in [0.1, 0.15) is 11.1 Å². The van der Waals surface area contributed by atoms with Crippen LogP contribution in [-0.4, -0.2) is 19.2 Å². The number of rotatable bonds is 6. The molecule has 4 nitrogen and oxygen atoms in total. The number of carbonyl (C=O) groups is 1. The fraction of sp³-hybridized carbons (Fsp3) is 0.235. The summed E-state index contributed by atoms with van der Waals surface area (Å²) in [6.45, 7) is 3.47. The van der Waals surface area contributed by atoms with Crippen molar-refractivity contribution in [1.29, 1.82) is 0 Å². The first-order valence-electron chi connectivity index (χ1n) is 6.99. The van der Waals surface area contributed by atoms with Gasteiger partial charge in [0.1, 0.15) is 12.4 Å². The minimum absolute atomic E-state index is 0.187. The van der Waals surface area contributed by atoms with E-state index in [9.17, 15) is 4.79 Å². The Labute approximate surface area is 125 Å². The molecule has 0 radical (unpaired) electrons. The van der Waals surface area contributed by atoms with Crippen molar-refractivity contribution in [3.8, 4) is 5.75 Å². The van der Waals surface area contributed by atoms with Gasteiger partial charge in [0.25, 0.3) is 0 Å². The van der Waals surface area contributed by atoms with Crippen LogP contribution in [0.2, 0.25) is 0 Å². The average Bonchev–Trinajstić information content (AvgIpc) is 2.51. The predicted molar refractivity (Wildman–Crippen MR) is 83.4 cm³/mol. The molecule has 0 aliphatic heterocycles. The van der Waals surface area contributed by atoms with Crippen LogP contribution in [0.5, 0.6) is 5.75 Å². The van der Waals surface area contributed by atoms with Gasteiger partial charge in [-0.1, -0.05) is 48.0 Å². The predicted octanol–water partition coefficient (Wildman–Crippen LogP) is 2.87. The van der Waals surface area contributed by atoms with E-state index in [-0.39, 0.29) is 6.03 Å². The maximum Gasteiger partial charge on any atom is 0.315 e. The molecule has 0 unspecified atom stereocenters. The van der Waals surface area contributed by atoms with E-state index in [2.05, 4.69) is 16.7 Å². The van der Waals surface area contributed by atoms with Gasteiger partial charge in [-0.05, 0) is 24.6 Å². The Bertz CT molecular complexity index is 570. The van der Waals surface area contributed by atoms with Gasteiger partial charge >= 0.3 is 6.03 Å². The number of para-hydroxylation sites is 1. The SMILES string of the molecule is Cc1cccc(CNC(=O)NCCOc2ccccc2)c1.